The average molecular weight is 298 g/mol. The van der Waals surface area contributed by atoms with Gasteiger partial charge < -0.3 is 10.0 Å². The lowest BCUT2D eigenvalue weighted by Crippen LogP contribution is -2.37. The number of benzene rings is 1. The molecule has 0 spiro atoms. The summed E-state index contributed by atoms with van der Waals surface area (Å²) in [5, 5.41) is 9.34. The molecular weight excluding hydrogens is 274 g/mol. The van der Waals surface area contributed by atoms with E-state index >= 15 is 0 Å². The zero-order chi connectivity index (χ0) is 15.3. The van der Waals surface area contributed by atoms with E-state index in [9.17, 15) is 4.79 Å². The molecule has 0 unspecified atom stereocenters. The minimum Gasteiger partial charge on any atom is -0.478 e. The molecule has 0 radical (unpaired) electrons. The molecule has 1 rings (SSSR count). The van der Waals surface area contributed by atoms with Gasteiger partial charge in [-0.05, 0) is 37.0 Å². The lowest BCUT2D eigenvalue weighted by atomic mass is 10.1. The molecule has 1 N–H and O–H groups in total. The van der Waals surface area contributed by atoms with Crippen LogP contribution in [0.2, 0.25) is 5.02 Å². The predicted octanol–water partition coefficient (Wildman–Crippen LogP) is 4.69. The second-order valence-electron chi connectivity index (χ2n) is 5.49. The molecule has 20 heavy (non-hydrogen) atoms. The number of anilines is 1. The summed E-state index contributed by atoms with van der Waals surface area (Å²) in [5.74, 6) is -0.451. The highest BCUT2D eigenvalue weighted by Gasteiger charge is 2.19. The topological polar surface area (TPSA) is 40.5 Å². The Morgan fingerprint density at radius 1 is 1.30 bits per heavy atom. The Bertz CT molecular complexity index is 456. The molecule has 0 saturated carbocycles. The molecule has 1 aromatic carbocycles. The largest absolute Gasteiger partial charge is 0.478 e. The number of carboxylic acid groups (broad SMARTS) is 1. The van der Waals surface area contributed by atoms with Crippen LogP contribution >= 0.6 is 11.6 Å². The molecule has 112 valence electrons. The Hall–Kier alpha value is -1.22. The molecule has 0 aliphatic heterocycles. The van der Waals surface area contributed by atoms with E-state index in [2.05, 4.69) is 32.6 Å². The summed E-state index contributed by atoms with van der Waals surface area (Å²) in [4.78, 5) is 13.4. The fourth-order valence-electron chi connectivity index (χ4n) is 2.44. The number of hydrogen-bond donors (Lipinski definition) is 1. The van der Waals surface area contributed by atoms with Gasteiger partial charge in [-0.2, -0.15) is 0 Å². The quantitative estimate of drug-likeness (QED) is 0.794. The number of halogens is 1. The van der Waals surface area contributed by atoms with Gasteiger partial charge in [-0.1, -0.05) is 39.3 Å². The summed E-state index contributed by atoms with van der Waals surface area (Å²) in [6, 6.07) is 5.67. The number of hydrogen-bond acceptors (Lipinski definition) is 2. The van der Waals surface area contributed by atoms with E-state index in [1.54, 1.807) is 12.1 Å². The van der Waals surface area contributed by atoms with Crippen LogP contribution in [-0.2, 0) is 0 Å². The summed E-state index contributed by atoms with van der Waals surface area (Å²) in [7, 11) is 0. The molecule has 0 fully saturated rings. The number of carboxylic acids is 1. The maximum atomic E-state index is 11.0. The van der Waals surface area contributed by atoms with Gasteiger partial charge in [0.2, 0.25) is 0 Å². The third-order valence-corrected chi connectivity index (χ3v) is 3.77. The van der Waals surface area contributed by atoms with Crippen LogP contribution in [-0.4, -0.2) is 23.7 Å². The van der Waals surface area contributed by atoms with E-state index in [-0.39, 0.29) is 5.56 Å². The van der Waals surface area contributed by atoms with Crippen LogP contribution in [0.25, 0.3) is 0 Å². The van der Waals surface area contributed by atoms with E-state index in [4.69, 9.17) is 16.7 Å². The van der Waals surface area contributed by atoms with Crippen LogP contribution < -0.4 is 4.90 Å². The highest BCUT2D eigenvalue weighted by molar-refractivity contribution is 6.33. The molecule has 0 amide bonds. The number of aromatic carboxylic acids is 1. The molecule has 0 heterocycles. The lowest BCUT2D eigenvalue weighted by Gasteiger charge is -2.34. The van der Waals surface area contributed by atoms with Crippen molar-refractivity contribution in [2.45, 2.75) is 46.6 Å². The number of rotatable bonds is 7. The van der Waals surface area contributed by atoms with Gasteiger partial charge in [-0.3, -0.25) is 0 Å². The maximum absolute atomic E-state index is 11.0. The van der Waals surface area contributed by atoms with Gasteiger partial charge in [0, 0.05) is 18.3 Å². The van der Waals surface area contributed by atoms with Crippen LogP contribution in [0, 0.1) is 5.92 Å². The smallest absolute Gasteiger partial charge is 0.337 e. The first kappa shape index (κ1) is 16.8. The maximum Gasteiger partial charge on any atom is 0.337 e. The summed E-state index contributed by atoms with van der Waals surface area (Å²) in [5.41, 5.74) is 1.16. The first-order chi connectivity index (χ1) is 9.40. The van der Waals surface area contributed by atoms with Gasteiger partial charge in [-0.15, -0.1) is 0 Å². The molecule has 0 aliphatic carbocycles. The third kappa shape index (κ3) is 4.14. The molecular formula is C16H24ClNO2. The average Bonchev–Trinajstić information content (AvgIpc) is 2.37. The highest BCUT2D eigenvalue weighted by Crippen LogP contribution is 2.27. The summed E-state index contributed by atoms with van der Waals surface area (Å²) in [6.45, 7) is 9.66. The monoisotopic (exact) mass is 297 g/mol. The van der Waals surface area contributed by atoms with E-state index in [0.29, 0.717) is 17.0 Å². The minimum absolute atomic E-state index is 0.157. The van der Waals surface area contributed by atoms with E-state index in [1.165, 1.54) is 0 Å². The van der Waals surface area contributed by atoms with Crippen molar-refractivity contribution in [3.8, 4) is 0 Å². The Balaban J connectivity index is 3.13. The van der Waals surface area contributed by atoms with Crippen molar-refractivity contribution in [3.05, 3.63) is 28.8 Å². The standard InChI is InChI=1S/C16H24ClNO2/c1-5-12(6-2)18(10-11(3)4)13-7-8-14(16(19)20)15(17)9-13/h7-9,11-12H,5-6,10H2,1-4H3,(H,19,20). The lowest BCUT2D eigenvalue weighted by molar-refractivity contribution is 0.0697. The first-order valence-electron chi connectivity index (χ1n) is 7.20. The second kappa shape index (κ2) is 7.53. The fourth-order valence-corrected chi connectivity index (χ4v) is 2.70. The SMILES string of the molecule is CCC(CC)N(CC(C)C)c1ccc(C(=O)O)c(Cl)c1. The Morgan fingerprint density at radius 2 is 1.90 bits per heavy atom. The van der Waals surface area contributed by atoms with Crippen LogP contribution in [0.5, 0.6) is 0 Å². The van der Waals surface area contributed by atoms with Crippen LogP contribution in [0.3, 0.4) is 0 Å². The van der Waals surface area contributed by atoms with Crippen molar-refractivity contribution in [1.29, 1.82) is 0 Å². The normalized spacial score (nSPS) is 11.2. The predicted molar refractivity (Wildman–Crippen MR) is 85.0 cm³/mol. The van der Waals surface area contributed by atoms with Gasteiger partial charge in [0.25, 0.3) is 0 Å². The van der Waals surface area contributed by atoms with E-state index < -0.39 is 5.97 Å². The van der Waals surface area contributed by atoms with Crippen molar-refractivity contribution in [1.82, 2.24) is 0 Å². The van der Waals surface area contributed by atoms with Gasteiger partial charge >= 0.3 is 5.97 Å². The molecule has 0 bridgehead atoms. The van der Waals surface area contributed by atoms with Crippen LogP contribution in [0.4, 0.5) is 5.69 Å². The molecule has 3 nitrogen and oxygen atoms in total. The van der Waals surface area contributed by atoms with Crippen molar-refractivity contribution in [2.75, 3.05) is 11.4 Å². The van der Waals surface area contributed by atoms with Gasteiger partial charge in [0.1, 0.15) is 0 Å². The van der Waals surface area contributed by atoms with Gasteiger partial charge in [-0.25, -0.2) is 4.79 Å². The molecule has 4 heteroatoms. The molecule has 0 saturated heterocycles. The van der Waals surface area contributed by atoms with Crippen molar-refractivity contribution in [2.24, 2.45) is 5.92 Å². The van der Waals surface area contributed by atoms with E-state index in [0.717, 1.165) is 25.1 Å². The molecule has 0 aromatic heterocycles. The zero-order valence-corrected chi connectivity index (χ0v) is 13.4. The fraction of sp³-hybridized carbons (Fsp3) is 0.562. The Labute approximate surface area is 126 Å². The minimum atomic E-state index is -0.987. The Morgan fingerprint density at radius 3 is 2.30 bits per heavy atom. The Kier molecular flexibility index (Phi) is 6.34. The molecule has 1 aromatic rings. The highest BCUT2D eigenvalue weighted by atomic mass is 35.5. The first-order valence-corrected chi connectivity index (χ1v) is 7.57. The third-order valence-electron chi connectivity index (χ3n) is 3.46. The molecule has 0 aliphatic rings. The second-order valence-corrected chi connectivity index (χ2v) is 5.89. The van der Waals surface area contributed by atoms with Gasteiger partial charge in [0.05, 0.1) is 10.6 Å². The van der Waals surface area contributed by atoms with Crippen LogP contribution in [0.1, 0.15) is 50.9 Å². The molecule has 0 atom stereocenters. The van der Waals surface area contributed by atoms with Crippen molar-refractivity contribution < 1.29 is 9.90 Å². The van der Waals surface area contributed by atoms with Gasteiger partial charge in [0.15, 0.2) is 0 Å². The zero-order valence-electron chi connectivity index (χ0n) is 12.7. The summed E-state index contributed by atoms with van der Waals surface area (Å²) in [6.07, 6.45) is 2.11. The van der Waals surface area contributed by atoms with E-state index in [1.807, 2.05) is 6.07 Å². The summed E-state index contributed by atoms with van der Waals surface area (Å²) >= 11 is 6.09. The van der Waals surface area contributed by atoms with Crippen molar-refractivity contribution in [3.63, 3.8) is 0 Å². The van der Waals surface area contributed by atoms with Crippen LogP contribution in [0.15, 0.2) is 18.2 Å². The van der Waals surface area contributed by atoms with Crippen molar-refractivity contribution >= 4 is 23.3 Å². The number of carbonyl (C=O) groups is 1. The summed E-state index contributed by atoms with van der Waals surface area (Å²) < 4.78 is 0. The number of nitrogens with zero attached hydrogens (tertiary/aromatic N) is 1.